The average molecular weight is 801 g/mol. The van der Waals surface area contributed by atoms with E-state index in [1.54, 1.807) is 36.7 Å². The van der Waals surface area contributed by atoms with Crippen LogP contribution in [0.3, 0.4) is 0 Å². The predicted molar refractivity (Wildman–Crippen MR) is 221 cm³/mol. The Morgan fingerprint density at radius 1 is 0.932 bits per heavy atom. The number of imide groups is 1. The zero-order valence-corrected chi connectivity index (χ0v) is 33.5. The summed E-state index contributed by atoms with van der Waals surface area (Å²) < 4.78 is 20.1. The number of likely N-dealkylation sites (tertiary alicyclic amines) is 1. The van der Waals surface area contributed by atoms with Gasteiger partial charge < -0.3 is 28.8 Å². The number of anilines is 1. The summed E-state index contributed by atoms with van der Waals surface area (Å²) in [5.74, 6) is 0.260. The van der Waals surface area contributed by atoms with Gasteiger partial charge in [0.1, 0.15) is 5.75 Å². The van der Waals surface area contributed by atoms with Gasteiger partial charge in [-0.3, -0.25) is 24.6 Å². The lowest BCUT2D eigenvalue weighted by Crippen LogP contribution is -2.49. The van der Waals surface area contributed by atoms with Gasteiger partial charge in [-0.2, -0.15) is 9.97 Å². The number of nitrogens with one attached hydrogen (secondary N) is 1. The molecular formula is C45H48N6O8. The standard InChI is InChI=1S/C45H48N6O8/c1-28-23-32(26-49(2)41(28)54)30-9-13-36-35(24-30)40(45(27-52,59-34-11-12-34)33-7-5-4-6-8-33)48-43(46-36)58-22-18-29-15-19-50(20-16-29)42(55)31-10-14-38(57-3)37(25-31)51-21-17-39(53)47-44(51)56/h4-10,13-14,23-26,29,34,52H,11-12,15-22,27H2,1-3H3,(H,47,53,56). The summed E-state index contributed by atoms with van der Waals surface area (Å²) in [6.07, 6.45) is 5.99. The minimum Gasteiger partial charge on any atom is -0.495 e. The number of pyridine rings is 1. The highest BCUT2D eigenvalue weighted by atomic mass is 16.5. The molecule has 3 fully saturated rings. The number of urea groups is 1. The third-order valence-corrected chi connectivity index (χ3v) is 11.5. The molecule has 3 aliphatic rings. The van der Waals surface area contributed by atoms with Gasteiger partial charge in [0.2, 0.25) is 5.91 Å². The third kappa shape index (κ3) is 8.15. The van der Waals surface area contributed by atoms with Gasteiger partial charge in [0.15, 0.2) is 5.60 Å². The van der Waals surface area contributed by atoms with Crippen molar-refractivity contribution in [2.45, 2.75) is 57.2 Å². The Hall–Kier alpha value is -6.12. The monoisotopic (exact) mass is 800 g/mol. The van der Waals surface area contributed by atoms with Crippen LogP contribution < -0.4 is 25.2 Å². The number of methoxy groups -OCH3 is 1. The first-order valence-electron chi connectivity index (χ1n) is 20.1. The van der Waals surface area contributed by atoms with Crippen LogP contribution in [0.2, 0.25) is 0 Å². The van der Waals surface area contributed by atoms with Crippen molar-refractivity contribution in [1.29, 1.82) is 0 Å². The Bertz CT molecular complexity index is 2430. The molecule has 2 N–H and O–H groups in total. The van der Waals surface area contributed by atoms with Crippen LogP contribution in [-0.4, -0.2) is 88.4 Å². The summed E-state index contributed by atoms with van der Waals surface area (Å²) >= 11 is 0. The topological polar surface area (TPSA) is 165 Å². The Morgan fingerprint density at radius 2 is 1.71 bits per heavy atom. The molecule has 1 saturated carbocycles. The maximum atomic E-state index is 13.7. The van der Waals surface area contributed by atoms with Gasteiger partial charge >= 0.3 is 12.0 Å². The van der Waals surface area contributed by atoms with Crippen molar-refractivity contribution in [3.63, 3.8) is 0 Å². The van der Waals surface area contributed by atoms with Crippen LogP contribution in [0.5, 0.6) is 11.8 Å². The highest BCUT2D eigenvalue weighted by Gasteiger charge is 2.44. The van der Waals surface area contributed by atoms with E-state index in [9.17, 15) is 24.3 Å². The highest BCUT2D eigenvalue weighted by molar-refractivity contribution is 6.07. The molecule has 306 valence electrons. The van der Waals surface area contributed by atoms with E-state index in [2.05, 4.69) is 5.32 Å². The fraction of sp³-hybridized carbons (Fsp3) is 0.378. The molecule has 1 atom stereocenters. The van der Waals surface area contributed by atoms with Gasteiger partial charge in [0.25, 0.3) is 11.5 Å². The van der Waals surface area contributed by atoms with Gasteiger partial charge in [-0.15, -0.1) is 0 Å². The highest BCUT2D eigenvalue weighted by Crippen LogP contribution is 2.43. The van der Waals surface area contributed by atoms with Crippen LogP contribution in [0.15, 0.2) is 83.8 Å². The Balaban J connectivity index is 1.00. The van der Waals surface area contributed by atoms with E-state index in [1.807, 2.05) is 65.7 Å². The van der Waals surface area contributed by atoms with Crippen molar-refractivity contribution in [1.82, 2.24) is 24.8 Å². The first-order valence-corrected chi connectivity index (χ1v) is 20.1. The molecule has 1 aliphatic carbocycles. The number of ether oxygens (including phenoxy) is 3. The summed E-state index contributed by atoms with van der Waals surface area (Å²) in [7, 11) is 3.23. The molecular weight excluding hydrogens is 753 g/mol. The molecule has 0 spiro atoms. The molecule has 0 bridgehead atoms. The van der Waals surface area contributed by atoms with Gasteiger partial charge in [0, 0.05) is 55.8 Å². The Labute approximate surface area is 341 Å². The SMILES string of the molecule is COc1ccc(C(=O)N2CCC(CCOc3nc(C(CO)(OC4CC4)c4ccccc4)c4cc(-c5cc(C)c(=O)n(C)c5)ccc4n3)CC2)cc1N1CCC(=O)NC1=O. The number of aryl methyl sites for hydroxylation is 2. The number of carbonyl (C=O) groups excluding carboxylic acids is 3. The van der Waals surface area contributed by atoms with Gasteiger partial charge in [-0.05, 0) is 98.0 Å². The first-order chi connectivity index (χ1) is 28.6. The third-order valence-electron chi connectivity index (χ3n) is 11.5. The number of amides is 4. The number of piperidine rings is 1. The number of hydrogen-bond donors (Lipinski definition) is 2. The van der Waals surface area contributed by atoms with Crippen LogP contribution in [0.25, 0.3) is 22.0 Å². The Morgan fingerprint density at radius 3 is 2.41 bits per heavy atom. The molecule has 2 saturated heterocycles. The van der Waals surface area contributed by atoms with Crippen molar-refractivity contribution >= 4 is 34.4 Å². The van der Waals surface area contributed by atoms with Crippen molar-refractivity contribution in [2.75, 3.05) is 44.9 Å². The molecule has 4 amide bonds. The minimum absolute atomic E-state index is 0.0288. The number of nitrogens with zero attached hydrogens (tertiary/aromatic N) is 5. The number of rotatable bonds is 13. The van der Waals surface area contributed by atoms with Crippen molar-refractivity contribution in [2.24, 2.45) is 13.0 Å². The zero-order chi connectivity index (χ0) is 41.3. The summed E-state index contributed by atoms with van der Waals surface area (Å²) in [5.41, 5.74) is 3.79. The fourth-order valence-corrected chi connectivity index (χ4v) is 8.09. The largest absolute Gasteiger partial charge is 0.495 e. The van der Waals surface area contributed by atoms with Crippen LogP contribution in [0.4, 0.5) is 10.5 Å². The van der Waals surface area contributed by atoms with Crippen LogP contribution in [-0.2, 0) is 22.2 Å². The number of benzene rings is 3. The van der Waals surface area contributed by atoms with Crippen molar-refractivity contribution in [3.05, 3.63) is 112 Å². The molecule has 2 aliphatic heterocycles. The van der Waals surface area contributed by atoms with E-state index < -0.39 is 11.6 Å². The number of aliphatic hydroxyl groups excluding tert-OH is 1. The smallest absolute Gasteiger partial charge is 0.328 e. The molecule has 14 heteroatoms. The first kappa shape index (κ1) is 39.7. The zero-order valence-electron chi connectivity index (χ0n) is 33.5. The molecule has 1 unspecified atom stereocenters. The van der Waals surface area contributed by atoms with Gasteiger partial charge in [-0.1, -0.05) is 36.4 Å². The molecule has 14 nitrogen and oxygen atoms in total. The average Bonchev–Trinajstić information content (AvgIpc) is 4.08. The lowest BCUT2D eigenvalue weighted by atomic mass is 9.87. The second-order valence-electron chi connectivity index (χ2n) is 15.6. The maximum Gasteiger partial charge on any atom is 0.328 e. The van der Waals surface area contributed by atoms with E-state index in [0.29, 0.717) is 64.8 Å². The van der Waals surface area contributed by atoms with E-state index in [1.165, 1.54) is 12.0 Å². The Kier molecular flexibility index (Phi) is 11.2. The molecule has 59 heavy (non-hydrogen) atoms. The maximum absolute atomic E-state index is 13.7. The molecule has 2 aromatic heterocycles. The van der Waals surface area contributed by atoms with E-state index in [-0.39, 0.29) is 49.1 Å². The number of carbonyl (C=O) groups is 3. The van der Waals surface area contributed by atoms with Gasteiger partial charge in [0.05, 0.1) is 43.3 Å². The molecule has 8 rings (SSSR count). The summed E-state index contributed by atoms with van der Waals surface area (Å²) in [6.45, 7) is 3.11. The summed E-state index contributed by atoms with van der Waals surface area (Å²) in [6, 6.07) is 22.0. The second kappa shape index (κ2) is 16.6. The second-order valence-corrected chi connectivity index (χ2v) is 15.6. The number of fused-ring (bicyclic) bond motifs is 1. The molecule has 4 heterocycles. The normalized spacial score (nSPS) is 17.2. The van der Waals surface area contributed by atoms with Crippen LogP contribution in [0.1, 0.15) is 65.7 Å². The fourth-order valence-electron chi connectivity index (χ4n) is 8.09. The lowest BCUT2D eigenvalue weighted by molar-refractivity contribution is -0.120. The molecule has 0 radical (unpaired) electrons. The molecule has 3 aromatic carbocycles. The number of aliphatic hydroxyl groups is 1. The number of hydrogen-bond acceptors (Lipinski definition) is 10. The van der Waals surface area contributed by atoms with E-state index >= 15 is 0 Å². The lowest BCUT2D eigenvalue weighted by Gasteiger charge is -2.33. The summed E-state index contributed by atoms with van der Waals surface area (Å²) in [4.78, 5) is 63.6. The number of aromatic nitrogens is 3. The van der Waals surface area contributed by atoms with Gasteiger partial charge in [-0.25, -0.2) is 4.79 Å². The summed E-state index contributed by atoms with van der Waals surface area (Å²) in [5, 5.41) is 14.3. The quantitative estimate of drug-likeness (QED) is 0.156. The van der Waals surface area contributed by atoms with Crippen molar-refractivity contribution in [3.8, 4) is 22.9 Å². The van der Waals surface area contributed by atoms with Crippen LogP contribution >= 0.6 is 0 Å². The van der Waals surface area contributed by atoms with Crippen molar-refractivity contribution < 1.29 is 33.7 Å². The van der Waals surface area contributed by atoms with Crippen LogP contribution in [0, 0.1) is 12.8 Å². The van der Waals surface area contributed by atoms with E-state index in [4.69, 9.17) is 24.2 Å². The predicted octanol–water partition coefficient (Wildman–Crippen LogP) is 5.50. The minimum atomic E-state index is -1.29. The molecule has 5 aromatic rings. The van der Waals surface area contributed by atoms with E-state index in [0.717, 1.165) is 48.8 Å².